The summed E-state index contributed by atoms with van der Waals surface area (Å²) in [4.78, 5) is 9.89. The highest BCUT2D eigenvalue weighted by atomic mass is 32.1. The minimum absolute atomic E-state index is 1.06. The summed E-state index contributed by atoms with van der Waals surface area (Å²) in [5.74, 6) is 0. The Balaban J connectivity index is 2.57. The molecule has 3 rings (SSSR count). The molecule has 0 amide bonds. The van der Waals surface area contributed by atoms with Crippen molar-refractivity contribution in [3.63, 3.8) is 0 Å². The summed E-state index contributed by atoms with van der Waals surface area (Å²) < 4.78 is 0. The van der Waals surface area contributed by atoms with Crippen molar-refractivity contribution in [3.8, 4) is 0 Å². The number of nitrogens with zero attached hydrogens (tertiary/aromatic N) is 2. The molecule has 14 heavy (non-hydrogen) atoms. The maximum absolute atomic E-state index is 4.62. The molecule has 0 atom stereocenters. The quantitative estimate of drug-likeness (QED) is 0.557. The van der Waals surface area contributed by atoms with E-state index in [9.17, 15) is 0 Å². The van der Waals surface area contributed by atoms with Crippen LogP contribution in [0.15, 0.2) is 29.9 Å². The Labute approximate surface area is 85.2 Å². The monoisotopic (exact) mass is 200 g/mol. The van der Waals surface area contributed by atoms with E-state index < -0.39 is 0 Å². The van der Waals surface area contributed by atoms with Crippen molar-refractivity contribution in [2.75, 3.05) is 0 Å². The normalized spacial score (nSPS) is 11.2. The highest BCUT2D eigenvalue weighted by Gasteiger charge is 2.02. The number of hydrogen-bond acceptors (Lipinski definition) is 3. The van der Waals surface area contributed by atoms with E-state index in [2.05, 4.69) is 27.5 Å². The third-order valence-electron chi connectivity index (χ3n) is 2.33. The van der Waals surface area contributed by atoms with Gasteiger partial charge in [-0.1, -0.05) is 0 Å². The molecule has 0 aliphatic carbocycles. The minimum atomic E-state index is 1.06. The van der Waals surface area contributed by atoms with E-state index in [4.69, 9.17) is 0 Å². The predicted molar refractivity (Wildman–Crippen MR) is 59.7 cm³/mol. The summed E-state index contributed by atoms with van der Waals surface area (Å²) in [7, 11) is 0. The van der Waals surface area contributed by atoms with Gasteiger partial charge < -0.3 is 0 Å². The van der Waals surface area contributed by atoms with Crippen LogP contribution in [0.2, 0.25) is 0 Å². The lowest BCUT2D eigenvalue weighted by Crippen LogP contribution is -1.84. The first-order chi connectivity index (χ1) is 6.84. The van der Waals surface area contributed by atoms with Crippen molar-refractivity contribution < 1.29 is 0 Å². The Bertz CT molecular complexity index is 613. The minimum Gasteiger partial charge on any atom is -0.264 e. The van der Waals surface area contributed by atoms with Crippen LogP contribution in [0.5, 0.6) is 0 Å². The van der Waals surface area contributed by atoms with Crippen molar-refractivity contribution in [1.82, 2.24) is 9.97 Å². The van der Waals surface area contributed by atoms with Gasteiger partial charge >= 0.3 is 0 Å². The van der Waals surface area contributed by atoms with Crippen LogP contribution in [0.4, 0.5) is 0 Å². The largest absolute Gasteiger partial charge is 0.264 e. The van der Waals surface area contributed by atoms with Crippen LogP contribution in [0.1, 0.15) is 5.56 Å². The molecule has 0 unspecified atom stereocenters. The number of thiophene rings is 1. The fourth-order valence-corrected chi connectivity index (χ4v) is 2.37. The molecule has 2 nitrogen and oxygen atoms in total. The van der Waals surface area contributed by atoms with Crippen molar-refractivity contribution in [1.29, 1.82) is 0 Å². The average Bonchev–Trinajstić information content (AvgIpc) is 2.62. The van der Waals surface area contributed by atoms with E-state index in [-0.39, 0.29) is 0 Å². The molecule has 3 aromatic rings. The molecule has 3 aromatic heterocycles. The molecule has 3 heterocycles. The summed E-state index contributed by atoms with van der Waals surface area (Å²) in [6.07, 6.45) is 3.72. The molecular formula is C11H8N2S. The van der Waals surface area contributed by atoms with Crippen LogP contribution in [0.25, 0.3) is 21.1 Å². The number of hydrogen-bond donors (Lipinski definition) is 0. The molecule has 0 saturated carbocycles. The summed E-state index contributed by atoms with van der Waals surface area (Å²) in [5, 5.41) is 4.39. The lowest BCUT2D eigenvalue weighted by atomic mass is 10.2. The molecular weight excluding hydrogens is 192 g/mol. The fourth-order valence-electron chi connectivity index (χ4n) is 1.62. The zero-order valence-corrected chi connectivity index (χ0v) is 8.51. The summed E-state index contributed by atoms with van der Waals surface area (Å²) in [6, 6.07) is 4.24. The van der Waals surface area contributed by atoms with E-state index >= 15 is 0 Å². The first kappa shape index (κ1) is 7.88. The molecule has 0 saturated heterocycles. The van der Waals surface area contributed by atoms with Crippen molar-refractivity contribution >= 4 is 32.5 Å². The lowest BCUT2D eigenvalue weighted by Gasteiger charge is -1.99. The molecule has 0 aliphatic heterocycles. The van der Waals surface area contributed by atoms with E-state index in [1.165, 1.54) is 5.39 Å². The third kappa shape index (κ3) is 1.02. The second-order valence-corrected chi connectivity index (χ2v) is 4.23. The predicted octanol–water partition coefficient (Wildman–Crippen LogP) is 3.15. The molecule has 0 spiro atoms. The zero-order valence-electron chi connectivity index (χ0n) is 7.69. The Kier molecular flexibility index (Phi) is 1.55. The average molecular weight is 200 g/mol. The van der Waals surface area contributed by atoms with E-state index in [0.29, 0.717) is 0 Å². The maximum Gasteiger partial charge on any atom is 0.123 e. The fraction of sp³-hybridized carbons (Fsp3) is 0.0909. The van der Waals surface area contributed by atoms with Gasteiger partial charge in [0.1, 0.15) is 4.83 Å². The maximum atomic E-state index is 4.62. The standard InChI is InChI=1S/C11H8N2S/c1-7-5-12-6-9-4-8-2-3-14-11(8)13-10(7)9/h2-6H,1H3. The van der Waals surface area contributed by atoms with Crippen LogP contribution in [-0.2, 0) is 0 Å². The van der Waals surface area contributed by atoms with Gasteiger partial charge in [0.25, 0.3) is 0 Å². The Morgan fingerprint density at radius 2 is 2.14 bits per heavy atom. The van der Waals surface area contributed by atoms with Gasteiger partial charge in [0.2, 0.25) is 0 Å². The van der Waals surface area contributed by atoms with Crippen LogP contribution >= 0.6 is 11.3 Å². The molecule has 0 aliphatic rings. The number of aryl methyl sites for hydroxylation is 1. The first-order valence-electron chi connectivity index (χ1n) is 4.43. The van der Waals surface area contributed by atoms with E-state index in [1.807, 2.05) is 19.3 Å². The van der Waals surface area contributed by atoms with Crippen LogP contribution in [0.3, 0.4) is 0 Å². The summed E-state index contributed by atoms with van der Waals surface area (Å²) in [6.45, 7) is 2.04. The number of aromatic nitrogens is 2. The van der Waals surface area contributed by atoms with E-state index in [1.54, 1.807) is 11.3 Å². The molecule has 68 valence electrons. The second-order valence-electron chi connectivity index (χ2n) is 3.33. The first-order valence-corrected chi connectivity index (χ1v) is 5.31. The Hall–Kier alpha value is -1.48. The van der Waals surface area contributed by atoms with Crippen molar-refractivity contribution in [3.05, 3.63) is 35.5 Å². The Morgan fingerprint density at radius 1 is 1.21 bits per heavy atom. The Morgan fingerprint density at radius 3 is 3.07 bits per heavy atom. The van der Waals surface area contributed by atoms with Gasteiger partial charge in [-0.3, -0.25) is 4.98 Å². The van der Waals surface area contributed by atoms with Crippen molar-refractivity contribution in [2.45, 2.75) is 6.92 Å². The van der Waals surface area contributed by atoms with Gasteiger partial charge in [-0.2, -0.15) is 0 Å². The molecule has 0 radical (unpaired) electrons. The van der Waals surface area contributed by atoms with Gasteiger partial charge in [-0.25, -0.2) is 4.98 Å². The number of rotatable bonds is 0. The van der Waals surface area contributed by atoms with Crippen LogP contribution < -0.4 is 0 Å². The highest BCUT2D eigenvalue weighted by Crippen LogP contribution is 2.24. The van der Waals surface area contributed by atoms with Gasteiger partial charge in [-0.05, 0) is 30.0 Å². The molecule has 0 fully saturated rings. The van der Waals surface area contributed by atoms with Gasteiger partial charge in [0.15, 0.2) is 0 Å². The molecule has 0 aromatic carbocycles. The smallest absolute Gasteiger partial charge is 0.123 e. The second kappa shape index (κ2) is 2.75. The van der Waals surface area contributed by atoms with Crippen molar-refractivity contribution in [2.24, 2.45) is 0 Å². The topological polar surface area (TPSA) is 25.8 Å². The molecule has 0 N–H and O–H groups in total. The summed E-state index contributed by atoms with van der Waals surface area (Å²) in [5.41, 5.74) is 2.20. The van der Waals surface area contributed by atoms with Crippen LogP contribution in [0, 0.1) is 6.92 Å². The number of fused-ring (bicyclic) bond motifs is 2. The number of pyridine rings is 2. The van der Waals surface area contributed by atoms with E-state index in [0.717, 1.165) is 21.3 Å². The van der Waals surface area contributed by atoms with Gasteiger partial charge in [0, 0.05) is 23.2 Å². The third-order valence-corrected chi connectivity index (χ3v) is 3.15. The summed E-state index contributed by atoms with van der Waals surface area (Å²) >= 11 is 1.68. The van der Waals surface area contributed by atoms with Gasteiger partial charge in [-0.15, -0.1) is 11.3 Å². The zero-order chi connectivity index (χ0) is 9.54. The molecule has 0 bridgehead atoms. The van der Waals surface area contributed by atoms with Gasteiger partial charge in [0.05, 0.1) is 5.52 Å². The van der Waals surface area contributed by atoms with Crippen LogP contribution in [-0.4, -0.2) is 9.97 Å². The SMILES string of the molecule is Cc1cncc2cc3ccsc3nc12. The molecule has 3 heteroatoms. The highest BCUT2D eigenvalue weighted by molar-refractivity contribution is 7.16. The lowest BCUT2D eigenvalue weighted by molar-refractivity contribution is 1.29.